The maximum atomic E-state index is 13.7. The molecule has 0 amide bonds. The first-order valence-corrected chi connectivity index (χ1v) is 15.1. The highest BCUT2D eigenvalue weighted by molar-refractivity contribution is 7.10. The summed E-state index contributed by atoms with van der Waals surface area (Å²) in [7, 11) is 4.81. The van der Waals surface area contributed by atoms with Gasteiger partial charge in [0.05, 0.1) is 47.6 Å². The van der Waals surface area contributed by atoms with E-state index in [1.54, 1.807) is 33.5 Å². The molecule has 214 valence electrons. The van der Waals surface area contributed by atoms with Crippen LogP contribution in [0.2, 0.25) is 0 Å². The van der Waals surface area contributed by atoms with Crippen molar-refractivity contribution in [2.75, 3.05) is 54.1 Å². The highest BCUT2D eigenvalue weighted by atomic mass is 32.1. The predicted molar refractivity (Wildman–Crippen MR) is 149 cm³/mol. The van der Waals surface area contributed by atoms with Gasteiger partial charge in [0.2, 0.25) is 5.75 Å². The Morgan fingerprint density at radius 2 is 1.74 bits per heavy atom. The smallest absolute Gasteiger partial charge is 0.344 e. The third kappa shape index (κ3) is 5.58. The van der Waals surface area contributed by atoms with Crippen LogP contribution in [-0.2, 0) is 15.1 Å². The highest BCUT2D eigenvalue weighted by Crippen LogP contribution is 2.45. The Balaban J connectivity index is 1.21. The number of hydrogen-bond donors (Lipinski definition) is 1. The summed E-state index contributed by atoms with van der Waals surface area (Å²) in [6.45, 7) is 4.44. The lowest BCUT2D eigenvalue weighted by atomic mass is 9.82. The molecule has 6 rings (SSSR count). The van der Waals surface area contributed by atoms with Crippen LogP contribution in [0.5, 0.6) is 23.0 Å². The van der Waals surface area contributed by atoms with Gasteiger partial charge in [-0.2, -0.15) is 0 Å². The van der Waals surface area contributed by atoms with Crippen LogP contribution in [0.4, 0.5) is 0 Å². The summed E-state index contributed by atoms with van der Waals surface area (Å²) in [6.07, 6.45) is 6.60. The minimum atomic E-state index is -1.54. The van der Waals surface area contributed by atoms with Crippen LogP contribution < -0.4 is 18.9 Å². The monoisotopic (exact) mass is 560 g/mol. The summed E-state index contributed by atoms with van der Waals surface area (Å²) in [6, 6.07) is 7.36. The van der Waals surface area contributed by atoms with Gasteiger partial charge in [-0.1, -0.05) is 18.9 Å². The largest absolute Gasteiger partial charge is 0.496 e. The van der Waals surface area contributed by atoms with Crippen LogP contribution in [0.1, 0.15) is 49.8 Å². The number of carbonyl (C=O) groups is 1. The van der Waals surface area contributed by atoms with E-state index >= 15 is 0 Å². The number of hydrogen-bond acceptors (Lipinski definition) is 8. The zero-order valence-electron chi connectivity index (χ0n) is 23.4. The number of rotatable bonds is 12. The molecule has 1 N–H and O–H groups in total. The summed E-state index contributed by atoms with van der Waals surface area (Å²) in [5, 5.41) is 13.7. The second kappa shape index (κ2) is 11.9. The van der Waals surface area contributed by atoms with E-state index in [9.17, 15) is 9.90 Å². The number of benzene rings is 1. The fraction of sp³-hybridized carbons (Fsp3) is 0.633. The van der Waals surface area contributed by atoms with Crippen molar-refractivity contribution < 1.29 is 38.1 Å². The van der Waals surface area contributed by atoms with Crippen molar-refractivity contribution in [1.82, 2.24) is 0 Å². The van der Waals surface area contributed by atoms with E-state index in [0.29, 0.717) is 40.4 Å². The Hall–Kier alpha value is -2.49. The van der Waals surface area contributed by atoms with Crippen molar-refractivity contribution in [3.05, 3.63) is 34.5 Å². The lowest BCUT2D eigenvalue weighted by molar-refractivity contribution is -0.946. The first kappa shape index (κ1) is 28.1. The van der Waals surface area contributed by atoms with E-state index in [1.807, 2.05) is 17.5 Å². The third-order valence-electron chi connectivity index (χ3n) is 9.15. The second-order valence-corrected chi connectivity index (χ2v) is 12.2. The summed E-state index contributed by atoms with van der Waals surface area (Å²) >= 11 is 1.45. The van der Waals surface area contributed by atoms with Gasteiger partial charge in [-0.05, 0) is 24.3 Å². The number of methoxy groups -OCH3 is 3. The van der Waals surface area contributed by atoms with Crippen molar-refractivity contribution in [3.63, 3.8) is 0 Å². The molecule has 3 aliphatic heterocycles. The van der Waals surface area contributed by atoms with Crippen molar-refractivity contribution in [2.24, 2.45) is 11.8 Å². The molecule has 3 saturated heterocycles. The fourth-order valence-electron chi connectivity index (χ4n) is 6.89. The molecule has 39 heavy (non-hydrogen) atoms. The number of fused-ring (bicyclic) bond motifs is 3. The maximum absolute atomic E-state index is 13.7. The van der Waals surface area contributed by atoms with Crippen LogP contribution in [0.3, 0.4) is 0 Å². The Labute approximate surface area is 235 Å². The summed E-state index contributed by atoms with van der Waals surface area (Å²) in [5.74, 6) is 2.21. The maximum Gasteiger partial charge on any atom is 0.344 e. The SMILES string of the molecule is COc1cc(OC)c(OCCC[N+]23CCC(CC2)[C@@H](OC(=O)[C@](O)(c2cccs2)C2CCCC2)C3)c(OC)c1. The molecule has 2 atom stereocenters. The summed E-state index contributed by atoms with van der Waals surface area (Å²) < 4.78 is 29.7. The van der Waals surface area contributed by atoms with Crippen molar-refractivity contribution >= 4 is 17.3 Å². The van der Waals surface area contributed by atoms with E-state index in [0.717, 1.165) is 75.6 Å². The van der Waals surface area contributed by atoms with Crippen LogP contribution >= 0.6 is 11.3 Å². The predicted octanol–water partition coefficient (Wildman–Crippen LogP) is 4.77. The standard InChI is InChI=1S/C30H42NO7S/c1-34-23-18-24(35-2)28(25(19-23)36-3)37-16-7-13-31-14-11-21(12-15-31)26(20-31)38-29(32)30(33,22-8-4-5-9-22)27-10-6-17-39-27/h6,10,17-19,21-22,26,33H,4-5,7-9,11-16,20H2,1-3H3/q+1/t21?,26-,30+,31?/m0/s1. The Kier molecular flexibility index (Phi) is 8.59. The molecular weight excluding hydrogens is 518 g/mol. The molecule has 2 aromatic rings. The number of ether oxygens (including phenoxy) is 5. The van der Waals surface area contributed by atoms with Gasteiger partial charge in [-0.3, -0.25) is 0 Å². The molecule has 2 bridgehead atoms. The molecule has 4 aliphatic rings. The first-order valence-electron chi connectivity index (χ1n) is 14.2. The van der Waals surface area contributed by atoms with Crippen LogP contribution in [0, 0.1) is 11.8 Å². The van der Waals surface area contributed by atoms with E-state index in [2.05, 4.69) is 0 Å². The molecular formula is C30H42NO7S+. The van der Waals surface area contributed by atoms with Crippen molar-refractivity contribution in [2.45, 2.75) is 56.7 Å². The number of quaternary nitrogens is 1. The molecule has 1 aromatic heterocycles. The molecule has 9 heteroatoms. The quantitative estimate of drug-likeness (QED) is 0.227. The molecule has 1 saturated carbocycles. The number of aliphatic hydroxyl groups is 1. The molecule has 4 heterocycles. The van der Waals surface area contributed by atoms with E-state index in [1.165, 1.54) is 11.3 Å². The average Bonchev–Trinajstić information content (AvgIpc) is 3.71. The Morgan fingerprint density at radius 3 is 2.33 bits per heavy atom. The van der Waals surface area contributed by atoms with Crippen LogP contribution in [0.15, 0.2) is 29.6 Å². The Bertz CT molecular complexity index is 1080. The van der Waals surface area contributed by atoms with Gasteiger partial charge in [-0.25, -0.2) is 4.79 Å². The lowest BCUT2D eigenvalue weighted by Crippen LogP contribution is -2.65. The number of thiophene rings is 1. The molecule has 0 spiro atoms. The minimum absolute atomic E-state index is 0.0723. The normalized spacial score (nSPS) is 26.2. The van der Waals surface area contributed by atoms with E-state index in [-0.39, 0.29) is 12.0 Å². The van der Waals surface area contributed by atoms with E-state index in [4.69, 9.17) is 23.7 Å². The molecule has 8 nitrogen and oxygen atoms in total. The van der Waals surface area contributed by atoms with Crippen molar-refractivity contribution in [1.29, 1.82) is 0 Å². The number of carbonyl (C=O) groups excluding carboxylic acids is 1. The van der Waals surface area contributed by atoms with Gasteiger partial charge in [0.1, 0.15) is 12.3 Å². The van der Waals surface area contributed by atoms with Gasteiger partial charge >= 0.3 is 5.97 Å². The summed E-state index contributed by atoms with van der Waals surface area (Å²) in [4.78, 5) is 14.4. The number of nitrogens with zero attached hydrogens (tertiary/aromatic N) is 1. The highest BCUT2D eigenvalue weighted by Gasteiger charge is 2.53. The number of esters is 1. The first-order chi connectivity index (χ1) is 18.9. The zero-order chi connectivity index (χ0) is 27.5. The van der Waals surface area contributed by atoms with Crippen LogP contribution in [0.25, 0.3) is 0 Å². The van der Waals surface area contributed by atoms with Crippen molar-refractivity contribution in [3.8, 4) is 23.0 Å². The van der Waals surface area contributed by atoms with Gasteiger partial charge < -0.3 is 33.3 Å². The topological polar surface area (TPSA) is 83.5 Å². The molecule has 0 unspecified atom stereocenters. The Morgan fingerprint density at radius 1 is 1.05 bits per heavy atom. The van der Waals surface area contributed by atoms with Crippen LogP contribution in [-0.4, -0.2) is 75.8 Å². The zero-order valence-corrected chi connectivity index (χ0v) is 24.2. The second-order valence-electron chi connectivity index (χ2n) is 11.3. The molecule has 0 radical (unpaired) electrons. The molecule has 1 aromatic carbocycles. The van der Waals surface area contributed by atoms with Gasteiger partial charge in [-0.15, -0.1) is 11.3 Å². The molecule has 1 aliphatic carbocycles. The van der Waals surface area contributed by atoms with Gasteiger partial charge in [0.25, 0.3) is 0 Å². The average molecular weight is 561 g/mol. The fourth-order valence-corrected chi connectivity index (χ4v) is 7.78. The molecule has 4 fully saturated rings. The third-order valence-corrected chi connectivity index (χ3v) is 10.1. The minimum Gasteiger partial charge on any atom is -0.496 e. The lowest BCUT2D eigenvalue weighted by Gasteiger charge is -2.52. The number of piperidine rings is 3. The van der Waals surface area contributed by atoms with Gasteiger partial charge in [0.15, 0.2) is 23.2 Å². The van der Waals surface area contributed by atoms with Gasteiger partial charge in [0, 0.05) is 48.1 Å². The summed E-state index contributed by atoms with van der Waals surface area (Å²) in [5.41, 5.74) is -1.54. The van der Waals surface area contributed by atoms with E-state index < -0.39 is 11.6 Å².